The largest absolute Gasteiger partial charge is 0.384 e. The number of hydrogen-bond acceptors (Lipinski definition) is 4. The molecule has 7 heteroatoms. The number of aromatic nitrogens is 2. The van der Waals surface area contributed by atoms with Crippen LogP contribution < -0.4 is 21.9 Å². The molecular weight excluding hydrogens is 344 g/mol. The normalized spacial score (nSPS) is 17.3. The van der Waals surface area contributed by atoms with Crippen molar-refractivity contribution in [3.8, 4) is 0 Å². The second kappa shape index (κ2) is 7.92. The minimum atomic E-state index is -0.702. The van der Waals surface area contributed by atoms with Crippen LogP contribution in [0.25, 0.3) is 0 Å². The molecule has 27 heavy (non-hydrogen) atoms. The van der Waals surface area contributed by atoms with E-state index in [1.165, 1.54) is 15.7 Å². The molecule has 0 saturated carbocycles. The quantitative estimate of drug-likeness (QED) is 0.636. The Morgan fingerprint density at radius 2 is 2.07 bits per heavy atom. The van der Waals surface area contributed by atoms with E-state index in [0.29, 0.717) is 13.0 Å². The molecule has 0 amide bonds. The highest BCUT2D eigenvalue weighted by Crippen LogP contribution is 2.27. The van der Waals surface area contributed by atoms with Gasteiger partial charge in [0.1, 0.15) is 24.0 Å². The van der Waals surface area contributed by atoms with Crippen molar-refractivity contribution in [1.82, 2.24) is 9.55 Å². The van der Waals surface area contributed by atoms with Crippen LogP contribution in [0.5, 0.6) is 0 Å². The highest BCUT2D eigenvalue weighted by molar-refractivity contribution is 6.00. The average Bonchev–Trinajstić information content (AvgIpc) is 2.64. The monoisotopic (exact) mass is 371 g/mol. The van der Waals surface area contributed by atoms with E-state index in [9.17, 15) is 14.4 Å². The molecule has 1 aromatic carbocycles. The van der Waals surface area contributed by atoms with Crippen LogP contribution in [0.3, 0.4) is 0 Å². The van der Waals surface area contributed by atoms with E-state index in [-0.39, 0.29) is 29.8 Å². The van der Waals surface area contributed by atoms with Gasteiger partial charge >= 0.3 is 5.69 Å². The van der Waals surface area contributed by atoms with Gasteiger partial charge in [-0.25, -0.2) is 4.79 Å². The maximum Gasteiger partial charge on any atom is 0.329 e. The van der Waals surface area contributed by atoms with E-state index in [1.807, 2.05) is 26.1 Å². The van der Waals surface area contributed by atoms with Crippen molar-refractivity contribution in [3.63, 3.8) is 0 Å². The lowest BCUT2D eigenvalue weighted by atomic mass is 9.87. The topological polar surface area (TPSA) is 102 Å². The van der Waals surface area contributed by atoms with Gasteiger partial charge in [-0.2, -0.15) is 0 Å². The molecule has 0 spiro atoms. The number of rotatable bonds is 6. The summed E-state index contributed by atoms with van der Waals surface area (Å²) in [5.74, 6) is -0.369. The van der Waals surface area contributed by atoms with Crippen LogP contribution in [0.15, 0.2) is 33.9 Å². The summed E-state index contributed by atoms with van der Waals surface area (Å²) in [7, 11) is 1.97. The lowest BCUT2D eigenvalue weighted by molar-refractivity contribution is -0.904. The summed E-state index contributed by atoms with van der Waals surface area (Å²) >= 11 is 0. The van der Waals surface area contributed by atoms with E-state index < -0.39 is 11.2 Å². The first-order valence-corrected chi connectivity index (χ1v) is 9.50. The molecule has 3 rings (SSSR count). The number of aryl methyl sites for hydroxylation is 1. The maximum absolute atomic E-state index is 12.9. The molecule has 0 radical (unpaired) electrons. The standard InChI is InChI=1S/C20H26N4O3/c1-3-11-24-18(21)17(19(26)22-20(24)27)16(25)12-23(2)15-10-6-8-13-7-4-5-9-14(13)15/h4-5,7,9,15H,3,6,8,10-12,21H2,1-2H3,(H,22,26,27)/p+1/t15-/m0/s1. The molecule has 1 aromatic heterocycles. The lowest BCUT2D eigenvalue weighted by Gasteiger charge is -2.30. The predicted octanol–water partition coefficient (Wildman–Crippen LogP) is 0.304. The molecular formula is C20H27N4O3+. The Morgan fingerprint density at radius 1 is 1.33 bits per heavy atom. The van der Waals surface area contributed by atoms with Crippen LogP contribution in [0.4, 0.5) is 5.82 Å². The van der Waals surface area contributed by atoms with Crippen molar-refractivity contribution >= 4 is 11.6 Å². The van der Waals surface area contributed by atoms with Crippen molar-refractivity contribution in [3.05, 3.63) is 61.8 Å². The van der Waals surface area contributed by atoms with Crippen molar-refractivity contribution < 1.29 is 9.69 Å². The minimum Gasteiger partial charge on any atom is -0.384 e. The number of nitrogens with one attached hydrogen (secondary N) is 2. The number of Topliss-reactive ketones (excluding diaryl/α,β-unsaturated/α-hetero) is 1. The fraction of sp³-hybridized carbons (Fsp3) is 0.450. The minimum absolute atomic E-state index is 0.0348. The lowest BCUT2D eigenvalue weighted by Crippen LogP contribution is -3.10. The first-order valence-electron chi connectivity index (χ1n) is 9.50. The van der Waals surface area contributed by atoms with Gasteiger partial charge in [-0.3, -0.25) is 19.1 Å². The Bertz CT molecular complexity index is 960. The molecule has 144 valence electrons. The number of ketones is 1. The van der Waals surface area contributed by atoms with Crippen molar-refractivity contribution in [2.24, 2.45) is 0 Å². The fourth-order valence-corrected chi connectivity index (χ4v) is 4.03. The van der Waals surface area contributed by atoms with Crippen LogP contribution in [-0.4, -0.2) is 28.9 Å². The highest BCUT2D eigenvalue weighted by atomic mass is 16.2. The average molecular weight is 371 g/mol. The second-order valence-electron chi connectivity index (χ2n) is 7.26. The van der Waals surface area contributed by atoms with Crippen molar-refractivity contribution in [2.75, 3.05) is 19.3 Å². The summed E-state index contributed by atoms with van der Waals surface area (Å²) in [5, 5.41) is 0. The van der Waals surface area contributed by atoms with E-state index in [2.05, 4.69) is 17.1 Å². The van der Waals surface area contributed by atoms with Gasteiger partial charge in [0.05, 0.1) is 7.05 Å². The summed E-state index contributed by atoms with van der Waals surface area (Å²) < 4.78 is 1.26. The smallest absolute Gasteiger partial charge is 0.329 e. The Kier molecular flexibility index (Phi) is 5.60. The van der Waals surface area contributed by atoms with E-state index in [0.717, 1.165) is 24.2 Å². The van der Waals surface area contributed by atoms with E-state index in [4.69, 9.17) is 5.73 Å². The van der Waals surface area contributed by atoms with Crippen LogP contribution in [0.2, 0.25) is 0 Å². The Labute approximate surface area is 157 Å². The second-order valence-corrected chi connectivity index (χ2v) is 7.26. The molecule has 1 heterocycles. The summed E-state index contributed by atoms with van der Waals surface area (Å²) in [6.07, 6.45) is 3.81. The molecule has 0 saturated heterocycles. The Hall–Kier alpha value is -2.67. The van der Waals surface area contributed by atoms with Gasteiger partial charge in [0.2, 0.25) is 5.78 Å². The van der Waals surface area contributed by atoms with Crippen LogP contribution in [0, 0.1) is 0 Å². The number of aromatic amines is 1. The number of carbonyl (C=O) groups excluding carboxylic acids is 1. The molecule has 1 unspecified atom stereocenters. The molecule has 0 bridgehead atoms. The third-order valence-electron chi connectivity index (χ3n) is 5.37. The number of fused-ring (bicyclic) bond motifs is 1. The summed E-state index contributed by atoms with van der Waals surface area (Å²) in [6, 6.07) is 8.53. The number of nitrogen functional groups attached to an aromatic ring is 1. The molecule has 0 fully saturated rings. The van der Waals surface area contributed by atoms with Gasteiger partial charge in [0.15, 0.2) is 0 Å². The zero-order chi connectivity index (χ0) is 19.6. The van der Waals surface area contributed by atoms with E-state index in [1.54, 1.807) is 0 Å². The number of carbonyl (C=O) groups is 1. The van der Waals surface area contributed by atoms with Gasteiger partial charge in [-0.1, -0.05) is 31.2 Å². The SMILES string of the molecule is CCCn1c(N)c(C(=O)C[NH+](C)[C@H]2CCCc3ccccc32)c(=O)[nH]c1=O. The first-order chi connectivity index (χ1) is 12.9. The molecule has 1 aliphatic carbocycles. The third kappa shape index (κ3) is 3.73. The number of anilines is 1. The third-order valence-corrected chi connectivity index (χ3v) is 5.37. The molecule has 4 N–H and O–H groups in total. The number of H-pyrrole nitrogens is 1. The van der Waals surface area contributed by atoms with Gasteiger partial charge in [0, 0.05) is 18.5 Å². The summed E-state index contributed by atoms with van der Waals surface area (Å²) in [6.45, 7) is 2.41. The van der Waals surface area contributed by atoms with Gasteiger partial charge in [-0.15, -0.1) is 0 Å². The summed E-state index contributed by atoms with van der Waals surface area (Å²) in [5.41, 5.74) is 7.24. The molecule has 2 atom stereocenters. The Balaban J connectivity index is 1.87. The number of nitrogens with zero attached hydrogens (tertiary/aromatic N) is 1. The van der Waals surface area contributed by atoms with Crippen LogP contribution in [-0.2, 0) is 13.0 Å². The van der Waals surface area contributed by atoms with Crippen molar-refractivity contribution in [2.45, 2.75) is 45.2 Å². The first kappa shape index (κ1) is 19.1. The van der Waals surface area contributed by atoms with Crippen LogP contribution >= 0.6 is 0 Å². The number of nitrogens with two attached hydrogens (primary N) is 1. The van der Waals surface area contributed by atoms with Gasteiger partial charge < -0.3 is 10.6 Å². The zero-order valence-corrected chi connectivity index (χ0v) is 15.9. The maximum atomic E-state index is 12.9. The Morgan fingerprint density at radius 3 is 2.81 bits per heavy atom. The highest BCUT2D eigenvalue weighted by Gasteiger charge is 2.30. The molecule has 1 aliphatic rings. The van der Waals surface area contributed by atoms with Gasteiger partial charge in [-0.05, 0) is 24.8 Å². The van der Waals surface area contributed by atoms with E-state index >= 15 is 0 Å². The van der Waals surface area contributed by atoms with Gasteiger partial charge in [0.25, 0.3) is 5.56 Å². The molecule has 0 aliphatic heterocycles. The zero-order valence-electron chi connectivity index (χ0n) is 15.9. The predicted molar refractivity (Wildman–Crippen MR) is 104 cm³/mol. The summed E-state index contributed by atoms with van der Waals surface area (Å²) in [4.78, 5) is 40.3. The number of benzene rings is 1. The molecule has 7 nitrogen and oxygen atoms in total. The number of quaternary nitrogens is 1. The fourth-order valence-electron chi connectivity index (χ4n) is 4.03. The van der Waals surface area contributed by atoms with Crippen LogP contribution in [0.1, 0.15) is 53.7 Å². The van der Waals surface area contributed by atoms with Crippen molar-refractivity contribution in [1.29, 1.82) is 0 Å². The number of hydrogen-bond donors (Lipinski definition) is 3. The number of likely N-dealkylation sites (N-methyl/N-ethyl adjacent to an activating group) is 1. The molecule has 2 aromatic rings.